The van der Waals surface area contributed by atoms with Gasteiger partial charge < -0.3 is 4.74 Å². The number of halogens is 1. The lowest BCUT2D eigenvalue weighted by Gasteiger charge is -2.19. The van der Waals surface area contributed by atoms with Gasteiger partial charge >= 0.3 is 5.97 Å². The maximum atomic E-state index is 13.1. The van der Waals surface area contributed by atoms with Gasteiger partial charge in [-0.2, -0.15) is 0 Å². The molecule has 180 valence electrons. The van der Waals surface area contributed by atoms with Crippen LogP contribution in [0.2, 0.25) is 5.02 Å². The number of nitro benzene ring substituents is 1. The molecule has 7 nitrogen and oxygen atoms in total. The molecule has 35 heavy (non-hydrogen) atoms. The molecule has 1 aromatic heterocycles. The van der Waals surface area contributed by atoms with Crippen LogP contribution in [-0.2, 0) is 22.4 Å². The van der Waals surface area contributed by atoms with E-state index in [0.717, 1.165) is 11.1 Å². The predicted molar refractivity (Wildman–Crippen MR) is 133 cm³/mol. The zero-order chi connectivity index (χ0) is 25.3. The summed E-state index contributed by atoms with van der Waals surface area (Å²) >= 11 is 6.07. The Kier molecular flexibility index (Phi) is 6.72. The van der Waals surface area contributed by atoms with E-state index in [1.807, 2.05) is 26.8 Å². The molecule has 1 unspecified atom stereocenters. The van der Waals surface area contributed by atoms with Gasteiger partial charge in [-0.25, -0.2) is 4.79 Å². The Morgan fingerprint density at radius 2 is 1.86 bits per heavy atom. The molecule has 2 aromatic carbocycles. The summed E-state index contributed by atoms with van der Waals surface area (Å²) in [5.74, 6) is -0.693. The van der Waals surface area contributed by atoms with Crippen LogP contribution in [0.5, 0.6) is 0 Å². The molecular weight excluding hydrogens is 468 g/mol. The van der Waals surface area contributed by atoms with Gasteiger partial charge in [-0.05, 0) is 75.1 Å². The second-order valence-electron chi connectivity index (χ2n) is 9.62. The lowest BCUT2D eigenvalue weighted by atomic mass is 9.95. The number of hydrogen-bond acceptors (Lipinski definition) is 6. The molecule has 1 atom stereocenters. The van der Waals surface area contributed by atoms with E-state index in [2.05, 4.69) is 4.98 Å². The summed E-state index contributed by atoms with van der Waals surface area (Å²) in [6, 6.07) is 13.2. The monoisotopic (exact) mass is 492 g/mol. The summed E-state index contributed by atoms with van der Waals surface area (Å²) in [5.41, 5.74) is 3.25. The molecule has 3 aromatic rings. The van der Waals surface area contributed by atoms with E-state index in [4.69, 9.17) is 16.3 Å². The van der Waals surface area contributed by atoms with Gasteiger partial charge in [-0.1, -0.05) is 23.7 Å². The summed E-state index contributed by atoms with van der Waals surface area (Å²) in [7, 11) is 0. The predicted octanol–water partition coefficient (Wildman–Crippen LogP) is 6.11. The molecule has 0 radical (unpaired) electrons. The number of carbonyl (C=O) groups is 2. The minimum absolute atomic E-state index is 0.0442. The van der Waals surface area contributed by atoms with E-state index in [1.165, 1.54) is 12.1 Å². The summed E-state index contributed by atoms with van der Waals surface area (Å²) in [6.45, 7) is 5.43. The molecule has 0 bridgehead atoms. The van der Waals surface area contributed by atoms with Crippen LogP contribution in [-0.4, -0.2) is 27.3 Å². The molecule has 0 N–H and O–H groups in total. The maximum absolute atomic E-state index is 13.1. The minimum atomic E-state index is -0.577. The van der Waals surface area contributed by atoms with Gasteiger partial charge in [-0.15, -0.1) is 0 Å². The largest absolute Gasteiger partial charge is 0.456 e. The first-order chi connectivity index (χ1) is 16.5. The first-order valence-electron chi connectivity index (χ1n) is 11.3. The van der Waals surface area contributed by atoms with Crippen molar-refractivity contribution in [3.63, 3.8) is 0 Å². The Morgan fingerprint density at radius 3 is 2.51 bits per heavy atom. The average molecular weight is 493 g/mol. The van der Waals surface area contributed by atoms with E-state index >= 15 is 0 Å². The van der Waals surface area contributed by atoms with Crippen LogP contribution in [0.15, 0.2) is 54.7 Å². The smallest absolute Gasteiger partial charge is 0.338 e. The van der Waals surface area contributed by atoms with Gasteiger partial charge in [-0.3, -0.25) is 19.9 Å². The molecule has 0 fully saturated rings. The van der Waals surface area contributed by atoms with Crippen molar-refractivity contribution in [2.45, 2.75) is 51.6 Å². The quantitative estimate of drug-likeness (QED) is 0.234. The fraction of sp³-hybridized carbons (Fsp3) is 0.296. The van der Waals surface area contributed by atoms with Crippen LogP contribution in [0, 0.1) is 10.1 Å². The van der Waals surface area contributed by atoms with Crippen molar-refractivity contribution in [3.05, 3.63) is 92.2 Å². The molecule has 1 aliphatic rings. The number of fused-ring (bicyclic) bond motifs is 1. The van der Waals surface area contributed by atoms with Crippen molar-refractivity contribution in [1.82, 2.24) is 4.98 Å². The SMILES string of the molecule is CC(C)(C)OC(=O)c1ccc(CC(=O)C2CCc3cc(-c4cc(Cl)ccc4[N+](=O)[O-])cnc32)cc1. The van der Waals surface area contributed by atoms with Crippen LogP contribution < -0.4 is 0 Å². The van der Waals surface area contributed by atoms with Crippen LogP contribution in [0.1, 0.15) is 60.3 Å². The van der Waals surface area contributed by atoms with Crippen LogP contribution in [0.4, 0.5) is 5.69 Å². The Balaban J connectivity index is 1.50. The number of aryl methyl sites for hydroxylation is 1. The average Bonchev–Trinajstić information content (AvgIpc) is 3.21. The number of ether oxygens (including phenoxy) is 1. The van der Waals surface area contributed by atoms with Crippen molar-refractivity contribution in [1.29, 1.82) is 0 Å². The second kappa shape index (κ2) is 9.58. The molecule has 8 heteroatoms. The number of Topliss-reactive ketones (excluding diaryl/α,β-unsaturated/α-hetero) is 1. The summed E-state index contributed by atoms with van der Waals surface area (Å²) in [6.07, 6.45) is 3.09. The Bertz CT molecular complexity index is 1310. The zero-order valence-corrected chi connectivity index (χ0v) is 20.5. The highest BCUT2D eigenvalue weighted by Gasteiger charge is 2.31. The maximum Gasteiger partial charge on any atom is 0.338 e. The van der Waals surface area contributed by atoms with Crippen LogP contribution in [0.3, 0.4) is 0 Å². The highest BCUT2D eigenvalue weighted by atomic mass is 35.5. The Labute approximate surface area is 208 Å². The third-order valence-electron chi connectivity index (χ3n) is 5.86. The highest BCUT2D eigenvalue weighted by Crippen LogP contribution is 2.38. The number of rotatable bonds is 6. The van der Waals surface area contributed by atoms with Crippen LogP contribution >= 0.6 is 11.6 Å². The van der Waals surface area contributed by atoms with Crippen molar-refractivity contribution in [2.24, 2.45) is 0 Å². The zero-order valence-electron chi connectivity index (χ0n) is 19.7. The molecule has 0 aliphatic heterocycles. The number of aromatic nitrogens is 1. The number of pyridine rings is 1. The van der Waals surface area contributed by atoms with E-state index in [9.17, 15) is 19.7 Å². The van der Waals surface area contributed by atoms with Crippen LogP contribution in [0.25, 0.3) is 11.1 Å². The molecule has 0 amide bonds. The standard InChI is InChI=1S/C27H25ClN2O5/c1-27(2,3)35-26(32)17-6-4-16(5-7-17)12-24(31)21-10-8-18-13-19(15-29-25(18)21)22-14-20(28)9-11-23(22)30(33)34/h4-7,9,11,13-15,21H,8,10,12H2,1-3H3. The molecule has 0 saturated carbocycles. The number of nitrogens with zero attached hydrogens (tertiary/aromatic N) is 2. The number of benzene rings is 2. The minimum Gasteiger partial charge on any atom is -0.456 e. The second-order valence-corrected chi connectivity index (χ2v) is 10.1. The molecule has 0 spiro atoms. The summed E-state index contributed by atoms with van der Waals surface area (Å²) in [5, 5.41) is 11.8. The molecule has 4 rings (SSSR count). The normalized spacial score (nSPS) is 14.9. The molecule has 1 heterocycles. The lowest BCUT2D eigenvalue weighted by Crippen LogP contribution is -2.23. The fourth-order valence-corrected chi connectivity index (χ4v) is 4.42. The summed E-state index contributed by atoms with van der Waals surface area (Å²) in [4.78, 5) is 40.8. The number of carbonyl (C=O) groups excluding carboxylic acids is 2. The van der Waals surface area contributed by atoms with E-state index in [1.54, 1.807) is 36.5 Å². The van der Waals surface area contributed by atoms with E-state index in [0.29, 0.717) is 40.2 Å². The van der Waals surface area contributed by atoms with Crippen molar-refractivity contribution in [2.75, 3.05) is 0 Å². The molecule has 0 saturated heterocycles. The first kappa shape index (κ1) is 24.5. The number of nitro groups is 1. The third kappa shape index (κ3) is 5.57. The first-order valence-corrected chi connectivity index (χ1v) is 11.7. The number of ketones is 1. The van der Waals surface area contributed by atoms with Gasteiger partial charge in [0.1, 0.15) is 11.4 Å². The van der Waals surface area contributed by atoms with Gasteiger partial charge in [0.2, 0.25) is 0 Å². The Hall–Kier alpha value is -3.58. The van der Waals surface area contributed by atoms with Crippen molar-refractivity contribution < 1.29 is 19.2 Å². The summed E-state index contributed by atoms with van der Waals surface area (Å²) < 4.78 is 5.37. The van der Waals surface area contributed by atoms with Crippen molar-refractivity contribution in [3.8, 4) is 11.1 Å². The van der Waals surface area contributed by atoms with Crippen molar-refractivity contribution >= 4 is 29.0 Å². The third-order valence-corrected chi connectivity index (χ3v) is 6.09. The van der Waals surface area contributed by atoms with E-state index in [-0.39, 0.29) is 23.8 Å². The van der Waals surface area contributed by atoms with E-state index < -0.39 is 16.5 Å². The van der Waals surface area contributed by atoms with Gasteiger partial charge in [0, 0.05) is 29.3 Å². The number of hydrogen-bond donors (Lipinski definition) is 0. The number of esters is 1. The lowest BCUT2D eigenvalue weighted by molar-refractivity contribution is -0.384. The highest BCUT2D eigenvalue weighted by molar-refractivity contribution is 6.31. The fourth-order valence-electron chi connectivity index (χ4n) is 4.25. The van der Waals surface area contributed by atoms with Gasteiger partial charge in [0.15, 0.2) is 0 Å². The van der Waals surface area contributed by atoms with Gasteiger partial charge in [0.05, 0.1) is 27.7 Å². The molecule has 1 aliphatic carbocycles. The topological polar surface area (TPSA) is 99.4 Å². The Morgan fingerprint density at radius 1 is 1.14 bits per heavy atom. The van der Waals surface area contributed by atoms with Gasteiger partial charge in [0.25, 0.3) is 5.69 Å². The molecular formula is C27H25ClN2O5.